The highest BCUT2D eigenvalue weighted by Crippen LogP contribution is 2.48. The molecular formula is C34H37N3O9. The average Bonchev–Trinajstić information content (AvgIpc) is 3.55. The van der Waals surface area contributed by atoms with Gasteiger partial charge in [-0.2, -0.15) is 5.06 Å². The number of aliphatic hydroxyl groups is 2. The third-order valence-corrected chi connectivity index (χ3v) is 9.11. The molecule has 242 valence electrons. The van der Waals surface area contributed by atoms with Gasteiger partial charge in [-0.25, -0.2) is 4.79 Å². The molecule has 3 heterocycles. The summed E-state index contributed by atoms with van der Waals surface area (Å²) in [5, 5.41) is 24.6. The number of nitrogens with zero attached hydrogens (tertiary/aromatic N) is 2. The Balaban J connectivity index is 1.49. The maximum Gasteiger partial charge on any atom is 0.330 e. The molecule has 4 aromatic rings. The van der Waals surface area contributed by atoms with Crippen molar-refractivity contribution < 1.29 is 34.0 Å². The van der Waals surface area contributed by atoms with Gasteiger partial charge in [0.2, 0.25) is 0 Å². The largest absolute Gasteiger partial charge is 0.497 e. The van der Waals surface area contributed by atoms with Gasteiger partial charge in [0.25, 0.3) is 5.56 Å². The molecule has 2 saturated heterocycles. The number of methoxy groups -OCH3 is 2. The molecule has 0 saturated carbocycles. The van der Waals surface area contributed by atoms with E-state index in [0.29, 0.717) is 11.5 Å². The number of nitrogens with one attached hydrogen (secondary N) is 1. The lowest BCUT2D eigenvalue weighted by Crippen LogP contribution is -2.63. The number of benzene rings is 3. The number of ether oxygens (including phenoxy) is 4. The first-order chi connectivity index (χ1) is 22.2. The van der Waals surface area contributed by atoms with Crippen LogP contribution in [0.3, 0.4) is 0 Å². The maximum atomic E-state index is 12.9. The fraction of sp³-hybridized carbons (Fsp3) is 0.353. The van der Waals surface area contributed by atoms with Crippen LogP contribution in [0.25, 0.3) is 0 Å². The zero-order valence-electron chi connectivity index (χ0n) is 26.0. The topological polar surface area (TPSA) is 145 Å². The molecule has 5 atom stereocenters. The van der Waals surface area contributed by atoms with Crippen molar-refractivity contribution in [1.82, 2.24) is 14.6 Å². The van der Waals surface area contributed by atoms with Gasteiger partial charge in [0.1, 0.15) is 41.0 Å². The second-order valence-corrected chi connectivity index (χ2v) is 11.5. The van der Waals surface area contributed by atoms with Gasteiger partial charge in [-0.15, -0.1) is 0 Å². The molecule has 0 unspecified atom stereocenters. The lowest BCUT2D eigenvalue weighted by Gasteiger charge is -2.41. The predicted molar refractivity (Wildman–Crippen MR) is 167 cm³/mol. The molecule has 2 fully saturated rings. The van der Waals surface area contributed by atoms with Crippen molar-refractivity contribution in [3.05, 3.63) is 128 Å². The van der Waals surface area contributed by atoms with Crippen LogP contribution in [0.1, 0.15) is 28.5 Å². The van der Waals surface area contributed by atoms with Crippen LogP contribution in [0.2, 0.25) is 0 Å². The molecule has 0 amide bonds. The summed E-state index contributed by atoms with van der Waals surface area (Å²) in [6.07, 6.45) is -3.63. The highest BCUT2D eigenvalue weighted by molar-refractivity contribution is 5.49. The third kappa shape index (κ3) is 5.03. The minimum absolute atomic E-state index is 0.111. The van der Waals surface area contributed by atoms with Crippen molar-refractivity contribution in [3.63, 3.8) is 0 Å². The van der Waals surface area contributed by atoms with Crippen LogP contribution in [0.4, 0.5) is 0 Å². The van der Waals surface area contributed by atoms with Crippen LogP contribution in [0.5, 0.6) is 11.5 Å². The minimum Gasteiger partial charge on any atom is -0.497 e. The van der Waals surface area contributed by atoms with Gasteiger partial charge in [-0.05, 0) is 47.9 Å². The second-order valence-electron chi connectivity index (χ2n) is 11.5. The van der Waals surface area contributed by atoms with E-state index in [0.717, 1.165) is 21.3 Å². The summed E-state index contributed by atoms with van der Waals surface area (Å²) in [5.41, 5.74) is -1.45. The molecule has 0 radical (unpaired) electrons. The first-order valence-corrected chi connectivity index (χ1v) is 14.9. The molecular weight excluding hydrogens is 594 g/mol. The van der Waals surface area contributed by atoms with E-state index in [9.17, 15) is 19.8 Å². The molecule has 12 nitrogen and oxygen atoms in total. The van der Waals surface area contributed by atoms with Crippen LogP contribution in [0, 0.1) is 6.92 Å². The van der Waals surface area contributed by atoms with Gasteiger partial charge in [-0.1, -0.05) is 54.6 Å². The Hall–Kier alpha value is -4.30. The summed E-state index contributed by atoms with van der Waals surface area (Å²) in [4.78, 5) is 33.0. The number of hydrogen-bond acceptors (Lipinski definition) is 10. The standard InChI is InChI=1S/C34H37N3O9/c1-21-18-37(32(41)35-30(21)40)31-29(39)33(27(38)19-45-36(33)2)28(46-31)20-44-34(22-8-6-5-7-9-22,23-10-14-25(42-3)15-11-23)24-12-16-26(43-4)17-13-24/h5-18,27-29,31,38-39H,19-20H2,1-4H3,(H,35,40,41)/t27-,28+,29-,31+,33-/m0/s1. The Kier molecular flexibility index (Phi) is 8.59. The molecule has 1 spiro atoms. The molecule has 3 aromatic carbocycles. The molecule has 6 rings (SSSR count). The van der Waals surface area contributed by atoms with Gasteiger partial charge in [0, 0.05) is 18.8 Å². The average molecular weight is 632 g/mol. The smallest absolute Gasteiger partial charge is 0.330 e. The van der Waals surface area contributed by atoms with Gasteiger partial charge < -0.3 is 29.2 Å². The number of likely N-dealkylation sites (N-methyl/N-ethyl adjacent to an activating group) is 1. The Bertz CT molecular complexity index is 1720. The molecule has 0 bridgehead atoms. The molecule has 12 heteroatoms. The van der Waals surface area contributed by atoms with Crippen molar-refractivity contribution in [3.8, 4) is 11.5 Å². The van der Waals surface area contributed by atoms with E-state index in [1.807, 2.05) is 78.9 Å². The van der Waals surface area contributed by atoms with Gasteiger partial charge in [0.15, 0.2) is 6.23 Å². The number of aliphatic hydroxyl groups excluding tert-OH is 2. The van der Waals surface area contributed by atoms with Crippen LogP contribution >= 0.6 is 0 Å². The monoisotopic (exact) mass is 631 g/mol. The lowest BCUT2D eigenvalue weighted by molar-refractivity contribution is -0.190. The number of rotatable bonds is 9. The zero-order valence-corrected chi connectivity index (χ0v) is 26.0. The fourth-order valence-electron chi connectivity index (χ4n) is 6.65. The number of aromatic amines is 1. The van der Waals surface area contributed by atoms with E-state index in [4.69, 9.17) is 23.8 Å². The van der Waals surface area contributed by atoms with Gasteiger partial charge >= 0.3 is 5.69 Å². The predicted octanol–water partition coefficient (Wildman–Crippen LogP) is 2.11. The highest BCUT2D eigenvalue weighted by atomic mass is 16.7. The SMILES string of the molecule is COc1ccc(C(OC[C@H]2O[C@@H](n3cc(C)c(=O)[nH]c3=O)[C@H](O)[C@]23[C@@H](O)CON3C)(c2ccccc2)c2ccc(OC)cc2)cc1. The second kappa shape index (κ2) is 12.5. The third-order valence-electron chi connectivity index (χ3n) is 9.11. The van der Waals surface area contributed by atoms with Crippen LogP contribution < -0.4 is 20.7 Å². The van der Waals surface area contributed by atoms with Crippen LogP contribution in [0.15, 0.2) is 94.6 Å². The minimum atomic E-state index is -1.53. The molecule has 0 aliphatic carbocycles. The summed E-state index contributed by atoms with van der Waals surface area (Å²) in [6.45, 7) is 1.27. The summed E-state index contributed by atoms with van der Waals surface area (Å²) < 4.78 is 25.5. The number of aryl methyl sites for hydroxylation is 1. The summed E-state index contributed by atoms with van der Waals surface area (Å²) >= 11 is 0. The zero-order chi connectivity index (χ0) is 32.6. The van der Waals surface area contributed by atoms with Crippen molar-refractivity contribution in [1.29, 1.82) is 0 Å². The van der Waals surface area contributed by atoms with Gasteiger partial charge in [-0.3, -0.25) is 19.2 Å². The summed E-state index contributed by atoms with van der Waals surface area (Å²) in [6, 6.07) is 24.7. The molecule has 2 aliphatic heterocycles. The first-order valence-electron chi connectivity index (χ1n) is 14.9. The van der Waals surface area contributed by atoms with Crippen LogP contribution in [-0.4, -0.2) is 83.2 Å². The van der Waals surface area contributed by atoms with Crippen molar-refractivity contribution >= 4 is 0 Å². The number of H-pyrrole nitrogens is 1. The first kappa shape index (κ1) is 31.7. The van der Waals surface area contributed by atoms with E-state index in [1.54, 1.807) is 28.2 Å². The Morgan fingerprint density at radius 1 is 0.913 bits per heavy atom. The molecule has 46 heavy (non-hydrogen) atoms. The van der Waals surface area contributed by atoms with E-state index in [1.165, 1.54) is 11.3 Å². The quantitative estimate of drug-likeness (QED) is 0.235. The molecule has 2 aliphatic rings. The Morgan fingerprint density at radius 2 is 1.48 bits per heavy atom. The van der Waals surface area contributed by atoms with E-state index in [-0.39, 0.29) is 18.8 Å². The number of aromatic nitrogens is 2. The van der Waals surface area contributed by atoms with Crippen molar-refractivity contribution in [2.75, 3.05) is 34.5 Å². The molecule has 1 aromatic heterocycles. The fourth-order valence-corrected chi connectivity index (χ4v) is 6.65. The summed E-state index contributed by atoms with van der Waals surface area (Å²) in [7, 11) is 4.79. The van der Waals surface area contributed by atoms with E-state index >= 15 is 0 Å². The normalized spacial score (nSPS) is 24.8. The van der Waals surface area contributed by atoms with Crippen LogP contribution in [-0.2, 0) is 19.9 Å². The molecule has 3 N–H and O–H groups in total. The Labute approximate surface area is 265 Å². The van der Waals surface area contributed by atoms with Gasteiger partial charge in [0.05, 0.1) is 27.4 Å². The van der Waals surface area contributed by atoms with E-state index < -0.39 is 46.9 Å². The van der Waals surface area contributed by atoms with E-state index in [2.05, 4.69) is 4.98 Å². The number of hydrogen-bond donors (Lipinski definition) is 3. The summed E-state index contributed by atoms with van der Waals surface area (Å²) in [5.74, 6) is 1.33. The lowest BCUT2D eigenvalue weighted by atomic mass is 9.79. The van der Waals surface area contributed by atoms with Crippen molar-refractivity contribution in [2.24, 2.45) is 0 Å². The number of hydroxylamine groups is 2. The Morgan fingerprint density at radius 3 is 2.00 bits per heavy atom. The highest BCUT2D eigenvalue weighted by Gasteiger charge is 2.67. The van der Waals surface area contributed by atoms with Crippen molar-refractivity contribution in [2.45, 2.75) is 42.6 Å². The maximum absolute atomic E-state index is 12.9.